The van der Waals surface area contributed by atoms with Crippen molar-refractivity contribution in [3.05, 3.63) is 71.0 Å². The third-order valence-electron chi connectivity index (χ3n) is 3.45. The van der Waals surface area contributed by atoms with Crippen molar-refractivity contribution in [2.45, 2.75) is 9.92 Å². The number of nitrogens with one attached hydrogen (secondary N) is 1. The van der Waals surface area contributed by atoms with Crippen molar-refractivity contribution < 1.29 is 4.92 Å². The lowest BCUT2D eigenvalue weighted by molar-refractivity contribution is -0.387. The lowest BCUT2D eigenvalue weighted by Gasteiger charge is -2.06. The molecule has 0 spiro atoms. The zero-order chi connectivity index (χ0) is 17.9. The Morgan fingerprint density at radius 3 is 2.58 bits per heavy atom. The van der Waals surface area contributed by atoms with Gasteiger partial charge in [-0.2, -0.15) is 0 Å². The van der Waals surface area contributed by atoms with Crippen LogP contribution in [0.15, 0.2) is 70.8 Å². The SMILES string of the molecule is O=[N+]([O-])c1c(Nc2nc3ccccc3s2)ncnc1Sc1ccccc1. The number of hydrogen-bond donors (Lipinski definition) is 1. The Kier molecular flexibility index (Phi) is 4.46. The van der Waals surface area contributed by atoms with Gasteiger partial charge in [-0.1, -0.05) is 53.4 Å². The summed E-state index contributed by atoms with van der Waals surface area (Å²) >= 11 is 2.63. The van der Waals surface area contributed by atoms with Crippen LogP contribution < -0.4 is 5.32 Å². The molecule has 26 heavy (non-hydrogen) atoms. The summed E-state index contributed by atoms with van der Waals surface area (Å²) in [6, 6.07) is 17.0. The van der Waals surface area contributed by atoms with E-state index in [0.717, 1.165) is 15.1 Å². The van der Waals surface area contributed by atoms with E-state index in [1.54, 1.807) is 0 Å². The topological polar surface area (TPSA) is 93.8 Å². The van der Waals surface area contributed by atoms with Gasteiger partial charge < -0.3 is 5.32 Å². The molecule has 0 fully saturated rings. The molecule has 4 rings (SSSR count). The van der Waals surface area contributed by atoms with Crippen LogP contribution in [0.2, 0.25) is 0 Å². The second kappa shape index (κ2) is 7.06. The molecule has 0 aliphatic heterocycles. The second-order valence-electron chi connectivity index (χ2n) is 5.16. The standard InChI is InChI=1S/C17H11N5O2S2/c23-22(24)14-15(21-17-20-12-8-4-5-9-13(12)26-17)18-10-19-16(14)25-11-6-2-1-3-7-11/h1-10H,(H,18,19,20,21). The number of para-hydroxylation sites is 1. The molecule has 4 aromatic rings. The molecular weight excluding hydrogens is 370 g/mol. The van der Waals surface area contributed by atoms with E-state index in [9.17, 15) is 10.1 Å². The van der Waals surface area contributed by atoms with Gasteiger partial charge in [0, 0.05) is 4.90 Å². The fourth-order valence-electron chi connectivity index (χ4n) is 2.32. The van der Waals surface area contributed by atoms with Gasteiger partial charge in [0.1, 0.15) is 6.33 Å². The van der Waals surface area contributed by atoms with Gasteiger partial charge in [-0.05, 0) is 24.3 Å². The number of fused-ring (bicyclic) bond motifs is 1. The minimum atomic E-state index is -0.471. The van der Waals surface area contributed by atoms with Gasteiger partial charge in [-0.25, -0.2) is 15.0 Å². The molecule has 0 amide bonds. The summed E-state index contributed by atoms with van der Waals surface area (Å²) in [6.45, 7) is 0. The summed E-state index contributed by atoms with van der Waals surface area (Å²) in [4.78, 5) is 24.6. The van der Waals surface area contributed by atoms with E-state index in [-0.39, 0.29) is 16.5 Å². The van der Waals surface area contributed by atoms with Crippen LogP contribution in [0, 0.1) is 10.1 Å². The number of aromatic nitrogens is 3. The molecule has 128 valence electrons. The maximum atomic E-state index is 11.7. The molecular formula is C17H11N5O2S2. The number of hydrogen-bond acceptors (Lipinski definition) is 8. The highest BCUT2D eigenvalue weighted by Gasteiger charge is 2.24. The molecule has 0 unspecified atom stereocenters. The van der Waals surface area contributed by atoms with Crippen LogP contribution in [0.25, 0.3) is 10.2 Å². The van der Waals surface area contributed by atoms with E-state index in [1.807, 2.05) is 54.6 Å². The summed E-state index contributed by atoms with van der Waals surface area (Å²) in [5.41, 5.74) is 0.663. The lowest BCUT2D eigenvalue weighted by Crippen LogP contribution is -2.02. The van der Waals surface area contributed by atoms with Crippen molar-refractivity contribution in [2.75, 3.05) is 5.32 Å². The molecule has 2 aromatic heterocycles. The monoisotopic (exact) mass is 381 g/mol. The molecule has 0 bridgehead atoms. The summed E-state index contributed by atoms with van der Waals surface area (Å²) in [7, 11) is 0. The first-order valence-corrected chi connectivity index (χ1v) is 9.19. The molecule has 0 saturated heterocycles. The minimum absolute atomic E-state index is 0.127. The first-order valence-electron chi connectivity index (χ1n) is 7.55. The van der Waals surface area contributed by atoms with Crippen LogP contribution in [0.3, 0.4) is 0 Å². The third-order valence-corrected chi connectivity index (χ3v) is 5.40. The molecule has 2 heterocycles. The van der Waals surface area contributed by atoms with Gasteiger partial charge in [0.05, 0.1) is 15.1 Å². The van der Waals surface area contributed by atoms with Crippen molar-refractivity contribution >= 4 is 50.0 Å². The van der Waals surface area contributed by atoms with Crippen molar-refractivity contribution in [1.82, 2.24) is 15.0 Å². The van der Waals surface area contributed by atoms with E-state index in [4.69, 9.17) is 0 Å². The first kappa shape index (κ1) is 16.4. The Morgan fingerprint density at radius 1 is 1.04 bits per heavy atom. The predicted molar refractivity (Wildman–Crippen MR) is 102 cm³/mol. The van der Waals surface area contributed by atoms with E-state index in [2.05, 4.69) is 20.3 Å². The van der Waals surface area contributed by atoms with Gasteiger partial charge in [-0.15, -0.1) is 0 Å². The predicted octanol–water partition coefficient (Wildman–Crippen LogP) is 4.89. The molecule has 1 N–H and O–H groups in total. The Bertz CT molecular complexity index is 1050. The van der Waals surface area contributed by atoms with Crippen LogP contribution in [-0.2, 0) is 0 Å². The largest absolute Gasteiger partial charge is 0.344 e. The maximum Gasteiger partial charge on any atom is 0.344 e. The summed E-state index contributed by atoms with van der Waals surface area (Å²) in [5, 5.41) is 15.4. The van der Waals surface area contributed by atoms with Gasteiger partial charge in [-0.3, -0.25) is 10.1 Å². The van der Waals surface area contributed by atoms with E-state index in [0.29, 0.717) is 5.13 Å². The van der Waals surface area contributed by atoms with Crippen molar-refractivity contribution in [3.63, 3.8) is 0 Å². The Balaban J connectivity index is 1.71. The average molecular weight is 381 g/mol. The Labute approximate surface area is 156 Å². The molecule has 0 atom stereocenters. The third kappa shape index (κ3) is 3.35. The van der Waals surface area contributed by atoms with Crippen molar-refractivity contribution in [3.8, 4) is 0 Å². The van der Waals surface area contributed by atoms with Gasteiger partial charge in [0.2, 0.25) is 5.82 Å². The summed E-state index contributed by atoms with van der Waals surface area (Å²) in [5.74, 6) is 0.127. The van der Waals surface area contributed by atoms with Crippen molar-refractivity contribution in [2.24, 2.45) is 0 Å². The number of rotatable bonds is 5. The molecule has 0 radical (unpaired) electrons. The molecule has 2 aromatic carbocycles. The number of nitrogens with zero attached hydrogens (tertiary/aromatic N) is 4. The minimum Gasteiger partial charge on any atom is -0.310 e. The lowest BCUT2D eigenvalue weighted by atomic mass is 10.3. The zero-order valence-electron chi connectivity index (χ0n) is 13.2. The van der Waals surface area contributed by atoms with Crippen LogP contribution in [-0.4, -0.2) is 19.9 Å². The van der Waals surface area contributed by atoms with E-state index < -0.39 is 4.92 Å². The molecule has 0 saturated carbocycles. The highest BCUT2D eigenvalue weighted by molar-refractivity contribution is 7.99. The highest BCUT2D eigenvalue weighted by Crippen LogP contribution is 2.38. The quantitative estimate of drug-likeness (QED) is 0.299. The van der Waals surface area contributed by atoms with Gasteiger partial charge in [0.15, 0.2) is 10.2 Å². The van der Waals surface area contributed by atoms with E-state index >= 15 is 0 Å². The first-order chi connectivity index (χ1) is 12.7. The fraction of sp³-hybridized carbons (Fsp3) is 0. The van der Waals surface area contributed by atoms with Crippen LogP contribution in [0.5, 0.6) is 0 Å². The van der Waals surface area contributed by atoms with Gasteiger partial charge >= 0.3 is 5.69 Å². The van der Waals surface area contributed by atoms with Crippen LogP contribution >= 0.6 is 23.1 Å². The number of anilines is 2. The molecule has 9 heteroatoms. The fourth-order valence-corrected chi connectivity index (χ4v) is 4.07. The molecule has 0 aliphatic carbocycles. The van der Waals surface area contributed by atoms with Gasteiger partial charge in [0.25, 0.3) is 0 Å². The Hall–Kier alpha value is -3.04. The number of thiazole rings is 1. The van der Waals surface area contributed by atoms with Crippen LogP contribution in [0.1, 0.15) is 0 Å². The Morgan fingerprint density at radius 2 is 1.81 bits per heavy atom. The van der Waals surface area contributed by atoms with Crippen molar-refractivity contribution in [1.29, 1.82) is 0 Å². The molecule has 7 nitrogen and oxygen atoms in total. The second-order valence-corrected chi connectivity index (χ2v) is 7.25. The number of benzene rings is 2. The summed E-state index contributed by atoms with van der Waals surface area (Å²) < 4.78 is 0.991. The smallest absolute Gasteiger partial charge is 0.310 e. The summed E-state index contributed by atoms with van der Waals surface area (Å²) in [6.07, 6.45) is 1.31. The zero-order valence-corrected chi connectivity index (χ0v) is 14.8. The van der Waals surface area contributed by atoms with Crippen LogP contribution in [0.4, 0.5) is 16.6 Å². The maximum absolute atomic E-state index is 11.7. The highest BCUT2D eigenvalue weighted by atomic mass is 32.2. The normalized spacial score (nSPS) is 10.8. The number of nitro groups is 1. The molecule has 0 aliphatic rings. The average Bonchev–Trinajstić information content (AvgIpc) is 3.05. The van der Waals surface area contributed by atoms with E-state index in [1.165, 1.54) is 29.4 Å².